The Kier molecular flexibility index (Phi) is 3.14. The maximum atomic E-state index is 11.3. The van der Waals surface area contributed by atoms with Crippen molar-refractivity contribution in [2.24, 2.45) is 0 Å². The van der Waals surface area contributed by atoms with Gasteiger partial charge in [-0.3, -0.25) is 0 Å². The Hall–Kier alpha value is -1.95. The minimum atomic E-state index is -0.406. The SMILES string of the molecule is C#Cc1cc(N)cc(C(=O)OCC)c1. The number of carbonyl (C=O) groups excluding carboxylic acids is 1. The molecule has 0 aromatic heterocycles. The van der Waals surface area contributed by atoms with Crippen molar-refractivity contribution in [3.8, 4) is 12.3 Å². The van der Waals surface area contributed by atoms with Crippen LogP contribution in [0.15, 0.2) is 18.2 Å². The molecule has 0 fully saturated rings. The molecule has 0 aliphatic rings. The summed E-state index contributed by atoms with van der Waals surface area (Å²) in [6.07, 6.45) is 5.20. The number of nitrogens with two attached hydrogens (primary N) is 1. The third-order valence-electron chi connectivity index (χ3n) is 1.63. The van der Waals surface area contributed by atoms with Gasteiger partial charge in [0.25, 0.3) is 0 Å². The first-order chi connectivity index (χ1) is 6.67. The molecule has 1 rings (SSSR count). The first-order valence-electron chi connectivity index (χ1n) is 4.21. The van der Waals surface area contributed by atoms with Crippen LogP contribution in [-0.2, 0) is 4.74 Å². The van der Waals surface area contributed by atoms with Gasteiger partial charge in [0.15, 0.2) is 0 Å². The summed E-state index contributed by atoms with van der Waals surface area (Å²) in [5, 5.41) is 0. The molecule has 0 spiro atoms. The van der Waals surface area contributed by atoms with Crippen LogP contribution in [0.4, 0.5) is 5.69 Å². The second kappa shape index (κ2) is 4.33. The normalized spacial score (nSPS) is 9.14. The van der Waals surface area contributed by atoms with Crippen LogP contribution in [0.25, 0.3) is 0 Å². The van der Waals surface area contributed by atoms with Crippen molar-refractivity contribution in [1.29, 1.82) is 0 Å². The van der Waals surface area contributed by atoms with E-state index in [-0.39, 0.29) is 0 Å². The molecule has 2 N–H and O–H groups in total. The Morgan fingerprint density at radius 3 is 2.86 bits per heavy atom. The van der Waals surface area contributed by atoms with Crippen molar-refractivity contribution in [3.05, 3.63) is 29.3 Å². The smallest absolute Gasteiger partial charge is 0.338 e. The van der Waals surface area contributed by atoms with E-state index in [1.807, 2.05) is 0 Å². The average Bonchev–Trinajstić information content (AvgIpc) is 2.17. The number of hydrogen-bond donors (Lipinski definition) is 1. The van der Waals surface area contributed by atoms with Crippen LogP contribution in [0.1, 0.15) is 22.8 Å². The van der Waals surface area contributed by atoms with E-state index in [1.54, 1.807) is 25.1 Å². The van der Waals surface area contributed by atoms with Crippen LogP contribution in [0, 0.1) is 12.3 Å². The van der Waals surface area contributed by atoms with Crippen LogP contribution in [-0.4, -0.2) is 12.6 Å². The number of anilines is 1. The summed E-state index contributed by atoms with van der Waals surface area (Å²) in [5.74, 6) is 2.01. The summed E-state index contributed by atoms with van der Waals surface area (Å²) in [6, 6.07) is 4.75. The van der Waals surface area contributed by atoms with Gasteiger partial charge in [0.2, 0.25) is 0 Å². The van der Waals surface area contributed by atoms with Gasteiger partial charge in [-0.1, -0.05) is 5.92 Å². The number of nitrogen functional groups attached to an aromatic ring is 1. The summed E-state index contributed by atoms with van der Waals surface area (Å²) in [7, 11) is 0. The van der Waals surface area contributed by atoms with Gasteiger partial charge in [0.05, 0.1) is 12.2 Å². The fourth-order valence-corrected chi connectivity index (χ4v) is 1.07. The Morgan fingerprint density at radius 1 is 1.57 bits per heavy atom. The lowest BCUT2D eigenvalue weighted by Crippen LogP contribution is -2.05. The molecule has 0 aliphatic carbocycles. The van der Waals surface area contributed by atoms with Gasteiger partial charge >= 0.3 is 5.97 Å². The summed E-state index contributed by atoms with van der Waals surface area (Å²) in [5.41, 5.74) is 6.99. The Morgan fingerprint density at radius 2 is 2.29 bits per heavy atom. The first-order valence-corrected chi connectivity index (χ1v) is 4.21. The molecule has 0 saturated heterocycles. The second-order valence-corrected chi connectivity index (χ2v) is 2.71. The van der Waals surface area contributed by atoms with E-state index in [0.29, 0.717) is 23.4 Å². The second-order valence-electron chi connectivity index (χ2n) is 2.71. The van der Waals surface area contributed by atoms with E-state index in [1.165, 1.54) is 0 Å². The van der Waals surface area contributed by atoms with Crippen LogP contribution in [0.3, 0.4) is 0 Å². The predicted octanol–water partition coefficient (Wildman–Crippen LogP) is 1.43. The average molecular weight is 189 g/mol. The molecule has 1 aromatic rings. The van der Waals surface area contributed by atoms with Crippen molar-refractivity contribution < 1.29 is 9.53 Å². The number of terminal acetylenes is 1. The fourth-order valence-electron chi connectivity index (χ4n) is 1.07. The third-order valence-corrected chi connectivity index (χ3v) is 1.63. The third kappa shape index (κ3) is 2.27. The maximum Gasteiger partial charge on any atom is 0.338 e. The Labute approximate surface area is 82.9 Å². The maximum absolute atomic E-state index is 11.3. The van der Waals surface area contributed by atoms with Crippen LogP contribution < -0.4 is 5.73 Å². The van der Waals surface area contributed by atoms with Crippen molar-refractivity contribution >= 4 is 11.7 Å². The van der Waals surface area contributed by atoms with E-state index in [2.05, 4.69) is 5.92 Å². The molecule has 0 aliphatic heterocycles. The monoisotopic (exact) mass is 189 g/mol. The zero-order valence-electron chi connectivity index (χ0n) is 7.91. The number of benzene rings is 1. The van der Waals surface area contributed by atoms with Crippen LogP contribution >= 0.6 is 0 Å². The Balaban J connectivity index is 3.04. The minimum absolute atomic E-state index is 0.332. The van der Waals surface area contributed by atoms with Crippen molar-refractivity contribution in [1.82, 2.24) is 0 Å². The van der Waals surface area contributed by atoms with Gasteiger partial charge in [-0.25, -0.2) is 4.79 Å². The zero-order valence-corrected chi connectivity index (χ0v) is 7.91. The quantitative estimate of drug-likeness (QED) is 0.435. The molecular weight excluding hydrogens is 178 g/mol. The molecule has 1 aromatic carbocycles. The lowest BCUT2D eigenvalue weighted by atomic mass is 10.1. The molecule has 3 heteroatoms. The van der Waals surface area contributed by atoms with Gasteiger partial charge in [-0.15, -0.1) is 6.42 Å². The highest BCUT2D eigenvalue weighted by molar-refractivity contribution is 5.91. The van der Waals surface area contributed by atoms with E-state index < -0.39 is 5.97 Å². The molecule has 0 radical (unpaired) electrons. The van der Waals surface area contributed by atoms with Crippen molar-refractivity contribution in [3.63, 3.8) is 0 Å². The zero-order chi connectivity index (χ0) is 10.6. The first kappa shape index (κ1) is 10.1. The molecule has 14 heavy (non-hydrogen) atoms. The lowest BCUT2D eigenvalue weighted by molar-refractivity contribution is 0.0526. The number of carbonyl (C=O) groups is 1. The van der Waals surface area contributed by atoms with E-state index in [9.17, 15) is 4.79 Å². The van der Waals surface area contributed by atoms with Crippen molar-refractivity contribution in [2.45, 2.75) is 6.92 Å². The number of esters is 1. The van der Waals surface area contributed by atoms with Gasteiger partial charge in [-0.05, 0) is 25.1 Å². The van der Waals surface area contributed by atoms with Gasteiger partial charge in [-0.2, -0.15) is 0 Å². The standard InChI is InChI=1S/C11H11NO2/c1-3-8-5-9(7-10(12)6-8)11(13)14-4-2/h1,5-7H,4,12H2,2H3. The van der Waals surface area contributed by atoms with Crippen molar-refractivity contribution in [2.75, 3.05) is 12.3 Å². The van der Waals surface area contributed by atoms with Gasteiger partial charge in [0.1, 0.15) is 0 Å². The van der Waals surface area contributed by atoms with Gasteiger partial charge in [0, 0.05) is 11.3 Å². The molecule has 0 saturated carbocycles. The highest BCUT2D eigenvalue weighted by Gasteiger charge is 2.07. The highest BCUT2D eigenvalue weighted by Crippen LogP contribution is 2.12. The van der Waals surface area contributed by atoms with E-state index >= 15 is 0 Å². The molecule has 0 heterocycles. The van der Waals surface area contributed by atoms with Crippen LogP contribution in [0.2, 0.25) is 0 Å². The fraction of sp³-hybridized carbons (Fsp3) is 0.182. The molecule has 0 amide bonds. The molecule has 72 valence electrons. The number of hydrogen-bond acceptors (Lipinski definition) is 3. The largest absolute Gasteiger partial charge is 0.462 e. The summed E-state index contributed by atoms with van der Waals surface area (Å²) < 4.78 is 4.82. The number of ether oxygens (including phenoxy) is 1. The molecule has 0 bridgehead atoms. The molecule has 0 unspecified atom stereocenters. The highest BCUT2D eigenvalue weighted by atomic mass is 16.5. The summed E-state index contributed by atoms with van der Waals surface area (Å²) in [4.78, 5) is 11.3. The van der Waals surface area contributed by atoms with E-state index in [0.717, 1.165) is 0 Å². The predicted molar refractivity (Wildman–Crippen MR) is 54.7 cm³/mol. The topological polar surface area (TPSA) is 52.3 Å². The molecule has 0 atom stereocenters. The lowest BCUT2D eigenvalue weighted by Gasteiger charge is -2.03. The summed E-state index contributed by atoms with van der Waals surface area (Å²) in [6.45, 7) is 2.07. The Bertz CT molecular complexity index is 391. The summed E-state index contributed by atoms with van der Waals surface area (Å²) >= 11 is 0. The molecule has 3 nitrogen and oxygen atoms in total. The number of rotatable bonds is 2. The van der Waals surface area contributed by atoms with E-state index in [4.69, 9.17) is 16.9 Å². The molecular formula is C11H11NO2. The van der Waals surface area contributed by atoms with Crippen LogP contribution in [0.5, 0.6) is 0 Å². The van der Waals surface area contributed by atoms with Gasteiger partial charge < -0.3 is 10.5 Å². The minimum Gasteiger partial charge on any atom is -0.462 e.